The van der Waals surface area contributed by atoms with E-state index >= 15 is 0 Å². The van der Waals surface area contributed by atoms with Crippen molar-refractivity contribution in [1.82, 2.24) is 9.80 Å². The molecule has 0 saturated carbocycles. The van der Waals surface area contributed by atoms with Crippen LogP contribution in [0.2, 0.25) is 0 Å². The summed E-state index contributed by atoms with van der Waals surface area (Å²) >= 11 is 1.64. The van der Waals surface area contributed by atoms with Gasteiger partial charge in [-0.25, -0.2) is 0 Å². The fourth-order valence-electron chi connectivity index (χ4n) is 4.01. The highest BCUT2D eigenvalue weighted by molar-refractivity contribution is 7.10. The van der Waals surface area contributed by atoms with Gasteiger partial charge in [-0.05, 0) is 66.6 Å². The number of thiophene rings is 1. The van der Waals surface area contributed by atoms with Crippen molar-refractivity contribution in [2.75, 3.05) is 47.6 Å². The van der Waals surface area contributed by atoms with Crippen molar-refractivity contribution in [3.63, 3.8) is 0 Å². The molecule has 0 N–H and O–H groups in total. The Labute approximate surface area is 223 Å². The molecule has 3 aromatic rings. The number of amides is 2. The summed E-state index contributed by atoms with van der Waals surface area (Å²) in [4.78, 5) is 31.5. The molecule has 198 valence electrons. The molecule has 3 rings (SSSR count). The zero-order chi connectivity index (χ0) is 26.6. The van der Waals surface area contributed by atoms with Gasteiger partial charge in [0, 0.05) is 37.2 Å². The zero-order valence-corrected chi connectivity index (χ0v) is 22.9. The Balaban J connectivity index is 1.79. The van der Waals surface area contributed by atoms with E-state index in [2.05, 4.69) is 13.0 Å². The van der Waals surface area contributed by atoms with Crippen LogP contribution in [0.3, 0.4) is 0 Å². The van der Waals surface area contributed by atoms with E-state index in [1.54, 1.807) is 49.7 Å². The standard InChI is InChI=1S/C29H36N2O5S/c1-22-14-18-37-27(22)20-30(16-13-23-11-12-25(35-3)26(19-23)36-4)28(32)21-31(15-8-17-34-2)29(33)24-9-6-5-7-10-24/h5-7,9-12,14,18-19H,8,13,15-17,20-21H2,1-4H3. The molecule has 1 aromatic heterocycles. The highest BCUT2D eigenvalue weighted by Crippen LogP contribution is 2.28. The molecule has 0 bridgehead atoms. The molecule has 7 nitrogen and oxygen atoms in total. The second-order valence-corrected chi connectivity index (χ2v) is 9.72. The molecule has 0 aliphatic rings. The lowest BCUT2D eigenvalue weighted by Crippen LogP contribution is -2.44. The molecular formula is C29H36N2O5S. The molecule has 0 radical (unpaired) electrons. The summed E-state index contributed by atoms with van der Waals surface area (Å²) in [7, 11) is 4.85. The topological polar surface area (TPSA) is 68.3 Å². The Morgan fingerprint density at radius 2 is 1.65 bits per heavy atom. The van der Waals surface area contributed by atoms with Gasteiger partial charge in [0.25, 0.3) is 5.91 Å². The smallest absolute Gasteiger partial charge is 0.254 e. The first kappa shape index (κ1) is 28.2. The number of ether oxygens (including phenoxy) is 3. The molecule has 0 fully saturated rings. The van der Waals surface area contributed by atoms with Crippen LogP contribution in [0.1, 0.15) is 32.8 Å². The van der Waals surface area contributed by atoms with Gasteiger partial charge >= 0.3 is 0 Å². The fraction of sp³-hybridized carbons (Fsp3) is 0.379. The third-order valence-corrected chi connectivity index (χ3v) is 7.19. The van der Waals surface area contributed by atoms with E-state index in [1.807, 2.05) is 46.7 Å². The molecule has 0 spiro atoms. The minimum atomic E-state index is -0.155. The van der Waals surface area contributed by atoms with Gasteiger partial charge in [0.05, 0.1) is 20.8 Å². The molecular weight excluding hydrogens is 488 g/mol. The van der Waals surface area contributed by atoms with Crippen molar-refractivity contribution in [2.45, 2.75) is 26.3 Å². The minimum Gasteiger partial charge on any atom is -0.493 e. The Bertz CT molecular complexity index is 1150. The monoisotopic (exact) mass is 524 g/mol. The third-order valence-electron chi connectivity index (χ3n) is 6.18. The molecule has 2 aromatic carbocycles. The normalized spacial score (nSPS) is 10.7. The number of aryl methyl sites for hydroxylation is 1. The Hall–Kier alpha value is -3.36. The molecule has 37 heavy (non-hydrogen) atoms. The van der Waals surface area contributed by atoms with E-state index in [0.717, 1.165) is 16.0 Å². The van der Waals surface area contributed by atoms with Crippen LogP contribution in [-0.2, 0) is 22.5 Å². The van der Waals surface area contributed by atoms with Crippen LogP contribution in [-0.4, -0.2) is 69.2 Å². The third kappa shape index (κ3) is 8.06. The van der Waals surface area contributed by atoms with Crippen LogP contribution in [0, 0.1) is 6.92 Å². The second-order valence-electron chi connectivity index (χ2n) is 8.72. The number of hydrogen-bond donors (Lipinski definition) is 0. The number of nitrogens with zero attached hydrogens (tertiary/aromatic N) is 2. The van der Waals surface area contributed by atoms with E-state index in [9.17, 15) is 9.59 Å². The van der Waals surface area contributed by atoms with Crippen LogP contribution in [0.4, 0.5) is 0 Å². The van der Waals surface area contributed by atoms with Gasteiger partial charge in [0.2, 0.25) is 5.91 Å². The quantitative estimate of drug-likeness (QED) is 0.283. The molecule has 0 saturated heterocycles. The highest BCUT2D eigenvalue weighted by Gasteiger charge is 2.23. The molecule has 1 heterocycles. The predicted octanol–water partition coefficient (Wildman–Crippen LogP) is 4.82. The number of carbonyl (C=O) groups excluding carboxylic acids is 2. The number of hydrogen-bond acceptors (Lipinski definition) is 6. The van der Waals surface area contributed by atoms with Crippen molar-refractivity contribution < 1.29 is 23.8 Å². The summed E-state index contributed by atoms with van der Waals surface area (Å²) < 4.78 is 16.0. The average Bonchev–Trinajstić information content (AvgIpc) is 3.34. The summed E-state index contributed by atoms with van der Waals surface area (Å²) in [6, 6.07) is 16.9. The Morgan fingerprint density at radius 3 is 2.30 bits per heavy atom. The summed E-state index contributed by atoms with van der Waals surface area (Å²) in [6.45, 7) is 4.03. The number of benzene rings is 2. The molecule has 2 amide bonds. The lowest BCUT2D eigenvalue weighted by molar-refractivity contribution is -0.132. The Kier molecular flexibility index (Phi) is 11.0. The lowest BCUT2D eigenvalue weighted by Gasteiger charge is -2.28. The largest absolute Gasteiger partial charge is 0.493 e. The Morgan fingerprint density at radius 1 is 0.892 bits per heavy atom. The van der Waals surface area contributed by atoms with Crippen molar-refractivity contribution >= 4 is 23.2 Å². The molecule has 0 aliphatic heterocycles. The highest BCUT2D eigenvalue weighted by atomic mass is 32.1. The van der Waals surface area contributed by atoms with Crippen LogP contribution >= 0.6 is 11.3 Å². The number of rotatable bonds is 14. The van der Waals surface area contributed by atoms with Crippen LogP contribution in [0.15, 0.2) is 60.0 Å². The molecule has 8 heteroatoms. The summed E-state index contributed by atoms with van der Waals surface area (Å²) in [5.41, 5.74) is 2.76. The fourth-order valence-corrected chi connectivity index (χ4v) is 4.93. The van der Waals surface area contributed by atoms with Gasteiger partial charge in [-0.3, -0.25) is 9.59 Å². The van der Waals surface area contributed by atoms with Gasteiger partial charge < -0.3 is 24.0 Å². The van der Waals surface area contributed by atoms with Gasteiger partial charge in [0.15, 0.2) is 11.5 Å². The SMILES string of the molecule is COCCCN(CC(=O)N(CCc1ccc(OC)c(OC)c1)Cc1sccc1C)C(=O)c1ccccc1. The first-order chi connectivity index (χ1) is 18.0. The maximum absolute atomic E-state index is 13.7. The molecule has 0 atom stereocenters. The van der Waals surface area contributed by atoms with E-state index in [0.29, 0.717) is 56.1 Å². The molecule has 0 unspecified atom stereocenters. The summed E-state index contributed by atoms with van der Waals surface area (Å²) in [5.74, 6) is 1.08. The van der Waals surface area contributed by atoms with E-state index in [1.165, 1.54) is 0 Å². The summed E-state index contributed by atoms with van der Waals surface area (Å²) in [5, 5.41) is 2.04. The maximum atomic E-state index is 13.7. The first-order valence-electron chi connectivity index (χ1n) is 12.3. The van der Waals surface area contributed by atoms with Crippen molar-refractivity contribution in [3.8, 4) is 11.5 Å². The predicted molar refractivity (Wildman–Crippen MR) is 147 cm³/mol. The lowest BCUT2D eigenvalue weighted by atomic mass is 10.1. The average molecular weight is 525 g/mol. The van der Waals surface area contributed by atoms with Crippen molar-refractivity contribution in [1.29, 1.82) is 0 Å². The van der Waals surface area contributed by atoms with E-state index < -0.39 is 0 Å². The van der Waals surface area contributed by atoms with Gasteiger partial charge in [-0.15, -0.1) is 11.3 Å². The number of carbonyl (C=O) groups is 2. The second kappa shape index (κ2) is 14.4. The molecule has 0 aliphatic carbocycles. The van der Waals surface area contributed by atoms with Gasteiger partial charge in [0.1, 0.15) is 6.54 Å². The van der Waals surface area contributed by atoms with Crippen LogP contribution < -0.4 is 9.47 Å². The minimum absolute atomic E-state index is 0.00774. The van der Waals surface area contributed by atoms with E-state index in [-0.39, 0.29) is 18.4 Å². The zero-order valence-electron chi connectivity index (χ0n) is 22.1. The van der Waals surface area contributed by atoms with Gasteiger partial charge in [-0.2, -0.15) is 0 Å². The maximum Gasteiger partial charge on any atom is 0.254 e. The van der Waals surface area contributed by atoms with Gasteiger partial charge in [-0.1, -0.05) is 24.3 Å². The van der Waals surface area contributed by atoms with E-state index in [4.69, 9.17) is 14.2 Å². The van der Waals surface area contributed by atoms with Crippen molar-refractivity contribution in [2.24, 2.45) is 0 Å². The number of methoxy groups -OCH3 is 3. The first-order valence-corrected chi connectivity index (χ1v) is 13.2. The van der Waals surface area contributed by atoms with Crippen LogP contribution in [0.25, 0.3) is 0 Å². The van der Waals surface area contributed by atoms with Crippen molar-refractivity contribution in [3.05, 3.63) is 81.5 Å². The summed E-state index contributed by atoms with van der Waals surface area (Å²) in [6.07, 6.45) is 1.30. The van der Waals surface area contributed by atoms with Crippen LogP contribution in [0.5, 0.6) is 11.5 Å².